The third kappa shape index (κ3) is 3.57. The van der Waals surface area contributed by atoms with Crippen molar-refractivity contribution >= 4 is 0 Å². The summed E-state index contributed by atoms with van der Waals surface area (Å²) in [6.07, 6.45) is -0.298. The second-order valence-electron chi connectivity index (χ2n) is 4.76. The molecule has 1 atom stereocenters. The molecule has 1 aliphatic rings. The van der Waals surface area contributed by atoms with Crippen LogP contribution in [-0.2, 0) is 4.74 Å². The molecule has 2 heterocycles. The van der Waals surface area contributed by atoms with E-state index in [1.54, 1.807) is 6.07 Å². The Kier molecular flexibility index (Phi) is 4.68. The van der Waals surface area contributed by atoms with Crippen molar-refractivity contribution in [1.82, 2.24) is 15.5 Å². The molecule has 0 spiro atoms. The summed E-state index contributed by atoms with van der Waals surface area (Å²) < 4.78 is 44.8. The van der Waals surface area contributed by atoms with E-state index in [2.05, 4.69) is 20.2 Å². The van der Waals surface area contributed by atoms with E-state index in [1.165, 1.54) is 19.2 Å². The zero-order valence-electron chi connectivity index (χ0n) is 12.3. The molecule has 1 aliphatic heterocycles. The van der Waals surface area contributed by atoms with Gasteiger partial charge in [0.15, 0.2) is 11.5 Å². The maximum absolute atomic E-state index is 12.3. The predicted octanol–water partition coefficient (Wildman–Crippen LogP) is 2.01. The normalized spacial score (nSPS) is 18.2. The summed E-state index contributed by atoms with van der Waals surface area (Å²) >= 11 is 0. The molecule has 0 radical (unpaired) electrons. The molecule has 2 aromatic rings. The van der Waals surface area contributed by atoms with Gasteiger partial charge in [-0.2, -0.15) is 13.8 Å². The summed E-state index contributed by atoms with van der Waals surface area (Å²) in [5, 5.41) is 7.06. The maximum Gasteiger partial charge on any atom is 0.387 e. The van der Waals surface area contributed by atoms with Crippen molar-refractivity contribution in [2.75, 3.05) is 26.8 Å². The summed E-state index contributed by atoms with van der Waals surface area (Å²) in [5.74, 6) is 0.773. The van der Waals surface area contributed by atoms with Gasteiger partial charge in [-0.1, -0.05) is 5.16 Å². The van der Waals surface area contributed by atoms with Crippen molar-refractivity contribution in [3.8, 4) is 22.9 Å². The minimum atomic E-state index is -2.93. The molecular weight excluding hydrogens is 312 g/mol. The molecule has 0 saturated carbocycles. The summed E-state index contributed by atoms with van der Waals surface area (Å²) in [5.41, 5.74) is 0.558. The lowest BCUT2D eigenvalue weighted by molar-refractivity contribution is -0.0512. The quantitative estimate of drug-likeness (QED) is 0.900. The van der Waals surface area contributed by atoms with E-state index < -0.39 is 6.61 Å². The van der Waals surface area contributed by atoms with Crippen molar-refractivity contribution < 1.29 is 27.5 Å². The van der Waals surface area contributed by atoms with Crippen molar-refractivity contribution in [2.45, 2.75) is 12.7 Å². The molecule has 0 unspecified atom stereocenters. The van der Waals surface area contributed by atoms with Crippen molar-refractivity contribution in [1.29, 1.82) is 0 Å². The van der Waals surface area contributed by atoms with E-state index in [4.69, 9.17) is 14.0 Å². The fraction of sp³-hybridized carbons (Fsp3) is 0.429. The van der Waals surface area contributed by atoms with Gasteiger partial charge in [0.25, 0.3) is 5.89 Å². The summed E-state index contributed by atoms with van der Waals surface area (Å²) in [6, 6.07) is 4.43. The first-order chi connectivity index (χ1) is 11.2. The molecule has 9 heteroatoms. The number of benzene rings is 1. The number of halogens is 2. The predicted molar refractivity (Wildman–Crippen MR) is 74.5 cm³/mol. The second-order valence-corrected chi connectivity index (χ2v) is 4.76. The Bertz CT molecular complexity index is 659. The third-order valence-electron chi connectivity index (χ3n) is 3.28. The lowest BCUT2D eigenvalue weighted by Crippen LogP contribution is -2.33. The highest BCUT2D eigenvalue weighted by Crippen LogP contribution is 2.33. The van der Waals surface area contributed by atoms with E-state index >= 15 is 0 Å². The van der Waals surface area contributed by atoms with Crippen molar-refractivity contribution in [2.24, 2.45) is 0 Å². The molecule has 1 aromatic heterocycles. The Hall–Kier alpha value is -2.26. The van der Waals surface area contributed by atoms with Gasteiger partial charge >= 0.3 is 6.61 Å². The standard InChI is InChI=1S/C14H15F2N3O4/c1-20-10-6-8(2-3-9(10)22-14(15)16)12-18-13(23-19-12)11-7-17-4-5-21-11/h2-3,6,11,14,17H,4-5,7H2,1H3/t11-/m0/s1. The fourth-order valence-corrected chi connectivity index (χ4v) is 2.21. The van der Waals surface area contributed by atoms with Crippen LogP contribution in [0.5, 0.6) is 11.5 Å². The number of alkyl halides is 2. The van der Waals surface area contributed by atoms with Crippen LogP contribution in [0.15, 0.2) is 22.7 Å². The SMILES string of the molecule is COc1cc(-c2noc([C@@H]3CNCCO3)n2)ccc1OC(F)F. The Morgan fingerprint density at radius 3 is 2.91 bits per heavy atom. The molecular formula is C14H15F2N3O4. The van der Waals surface area contributed by atoms with Crippen molar-refractivity contribution in [3.63, 3.8) is 0 Å². The molecule has 124 valence electrons. The number of nitrogens with one attached hydrogen (secondary N) is 1. The van der Waals surface area contributed by atoms with E-state index in [9.17, 15) is 8.78 Å². The Morgan fingerprint density at radius 1 is 1.35 bits per heavy atom. The van der Waals surface area contributed by atoms with E-state index in [0.717, 1.165) is 6.54 Å². The molecule has 1 aromatic carbocycles. The lowest BCUT2D eigenvalue weighted by atomic mass is 10.2. The number of nitrogens with zero attached hydrogens (tertiary/aromatic N) is 2. The Morgan fingerprint density at radius 2 is 2.22 bits per heavy atom. The summed E-state index contributed by atoms with van der Waals surface area (Å²) in [4.78, 5) is 4.28. The largest absolute Gasteiger partial charge is 0.493 e. The number of hydrogen-bond donors (Lipinski definition) is 1. The summed E-state index contributed by atoms with van der Waals surface area (Å²) in [7, 11) is 1.36. The van der Waals surface area contributed by atoms with Gasteiger partial charge in [-0.05, 0) is 18.2 Å². The Balaban J connectivity index is 1.82. The zero-order chi connectivity index (χ0) is 16.2. The summed E-state index contributed by atoms with van der Waals surface area (Å²) in [6.45, 7) is -0.995. The van der Waals surface area contributed by atoms with Crippen LogP contribution in [0.3, 0.4) is 0 Å². The van der Waals surface area contributed by atoms with Gasteiger partial charge in [-0.15, -0.1) is 0 Å². The van der Waals surface area contributed by atoms with Crippen LogP contribution in [0.2, 0.25) is 0 Å². The molecule has 1 N–H and O–H groups in total. The number of aromatic nitrogens is 2. The number of ether oxygens (including phenoxy) is 3. The molecule has 1 fully saturated rings. The first-order valence-corrected chi connectivity index (χ1v) is 6.96. The van der Waals surface area contributed by atoms with Gasteiger partial charge in [-0.3, -0.25) is 0 Å². The van der Waals surface area contributed by atoms with Crippen LogP contribution in [-0.4, -0.2) is 43.6 Å². The fourth-order valence-electron chi connectivity index (χ4n) is 2.21. The number of morpholine rings is 1. The van der Waals surface area contributed by atoms with E-state index in [-0.39, 0.29) is 17.6 Å². The van der Waals surface area contributed by atoms with Crippen LogP contribution in [0.25, 0.3) is 11.4 Å². The minimum Gasteiger partial charge on any atom is -0.493 e. The number of hydrogen-bond acceptors (Lipinski definition) is 7. The van der Waals surface area contributed by atoms with Gasteiger partial charge in [0.2, 0.25) is 5.82 Å². The highest BCUT2D eigenvalue weighted by molar-refractivity contribution is 5.60. The average Bonchev–Trinajstić information content (AvgIpc) is 3.05. The third-order valence-corrected chi connectivity index (χ3v) is 3.28. The molecule has 0 aliphatic carbocycles. The van der Waals surface area contributed by atoms with Gasteiger partial charge in [0.05, 0.1) is 13.7 Å². The Labute approximate surface area is 130 Å². The van der Waals surface area contributed by atoms with Gasteiger partial charge < -0.3 is 24.1 Å². The number of rotatable bonds is 5. The average molecular weight is 327 g/mol. The molecule has 23 heavy (non-hydrogen) atoms. The maximum atomic E-state index is 12.3. The van der Waals surface area contributed by atoms with Gasteiger partial charge in [0.1, 0.15) is 6.10 Å². The minimum absolute atomic E-state index is 0.0604. The van der Waals surface area contributed by atoms with Crippen LogP contribution >= 0.6 is 0 Å². The molecule has 7 nitrogen and oxygen atoms in total. The molecule has 3 rings (SSSR count). The molecule has 0 bridgehead atoms. The highest BCUT2D eigenvalue weighted by atomic mass is 19.3. The first kappa shape index (κ1) is 15.6. The highest BCUT2D eigenvalue weighted by Gasteiger charge is 2.23. The molecule has 1 saturated heterocycles. The monoisotopic (exact) mass is 327 g/mol. The first-order valence-electron chi connectivity index (χ1n) is 6.96. The van der Waals surface area contributed by atoms with Crippen LogP contribution in [0, 0.1) is 0 Å². The molecule has 0 amide bonds. The van der Waals surface area contributed by atoms with Crippen LogP contribution < -0.4 is 14.8 Å². The zero-order valence-corrected chi connectivity index (χ0v) is 12.3. The van der Waals surface area contributed by atoms with Crippen LogP contribution in [0.1, 0.15) is 12.0 Å². The second kappa shape index (κ2) is 6.88. The van der Waals surface area contributed by atoms with Gasteiger partial charge in [-0.25, -0.2) is 0 Å². The van der Waals surface area contributed by atoms with Crippen molar-refractivity contribution in [3.05, 3.63) is 24.1 Å². The van der Waals surface area contributed by atoms with Gasteiger partial charge in [0, 0.05) is 18.7 Å². The smallest absolute Gasteiger partial charge is 0.387 e. The van der Waals surface area contributed by atoms with E-state index in [1.807, 2.05) is 0 Å². The lowest BCUT2D eigenvalue weighted by Gasteiger charge is -2.19. The topological polar surface area (TPSA) is 78.6 Å². The van der Waals surface area contributed by atoms with Crippen LogP contribution in [0.4, 0.5) is 8.78 Å². The van der Waals surface area contributed by atoms with E-state index in [0.29, 0.717) is 30.4 Å². The number of methoxy groups -OCH3 is 1.